The van der Waals surface area contributed by atoms with Crippen molar-refractivity contribution in [2.45, 2.75) is 13.5 Å². The first-order chi connectivity index (χ1) is 15.0. The molecule has 0 aliphatic rings. The van der Waals surface area contributed by atoms with E-state index in [2.05, 4.69) is 20.3 Å². The van der Waals surface area contributed by atoms with Crippen LogP contribution in [-0.4, -0.2) is 32.5 Å². The number of anilines is 2. The average molecular weight is 433 g/mol. The SMILES string of the molecule is Cc1ccc(NC(=O)c2nc(CN(C)c3ccncc3)cn2-c2ccc(Cl)cc2)nc1. The van der Waals surface area contributed by atoms with E-state index in [0.29, 0.717) is 17.4 Å². The molecule has 0 atom stereocenters. The molecule has 4 aromatic rings. The predicted molar refractivity (Wildman–Crippen MR) is 122 cm³/mol. The molecular formula is C23H21ClN6O. The van der Waals surface area contributed by atoms with E-state index in [4.69, 9.17) is 11.6 Å². The largest absolute Gasteiger partial charge is 0.369 e. The Morgan fingerprint density at radius 3 is 2.52 bits per heavy atom. The Hall–Kier alpha value is -3.71. The molecule has 0 saturated carbocycles. The lowest BCUT2D eigenvalue weighted by Crippen LogP contribution is -2.18. The Morgan fingerprint density at radius 2 is 1.84 bits per heavy atom. The first-order valence-corrected chi connectivity index (χ1v) is 10.1. The Kier molecular flexibility index (Phi) is 5.95. The number of hydrogen-bond donors (Lipinski definition) is 1. The molecule has 1 aromatic carbocycles. The third kappa shape index (κ3) is 4.90. The van der Waals surface area contributed by atoms with Crippen molar-refractivity contribution in [3.63, 3.8) is 0 Å². The van der Waals surface area contributed by atoms with E-state index in [1.165, 1.54) is 0 Å². The van der Waals surface area contributed by atoms with Crippen molar-refractivity contribution in [2.24, 2.45) is 0 Å². The van der Waals surface area contributed by atoms with Crippen LogP contribution in [0.4, 0.5) is 11.5 Å². The number of nitrogens with zero attached hydrogens (tertiary/aromatic N) is 5. The van der Waals surface area contributed by atoms with Crippen LogP contribution in [0.15, 0.2) is 73.3 Å². The number of carbonyl (C=O) groups excluding carboxylic acids is 1. The molecule has 8 heteroatoms. The molecule has 3 heterocycles. The highest BCUT2D eigenvalue weighted by atomic mass is 35.5. The number of nitrogens with one attached hydrogen (secondary N) is 1. The van der Waals surface area contributed by atoms with E-state index >= 15 is 0 Å². The highest BCUT2D eigenvalue weighted by Crippen LogP contribution is 2.20. The molecule has 0 aliphatic carbocycles. The van der Waals surface area contributed by atoms with E-state index < -0.39 is 0 Å². The van der Waals surface area contributed by atoms with Gasteiger partial charge in [0.1, 0.15) is 5.82 Å². The number of pyridine rings is 2. The number of amides is 1. The lowest BCUT2D eigenvalue weighted by molar-refractivity contribution is 0.101. The molecule has 3 aromatic heterocycles. The normalized spacial score (nSPS) is 10.7. The van der Waals surface area contributed by atoms with Crippen LogP contribution in [0, 0.1) is 6.92 Å². The van der Waals surface area contributed by atoms with Crippen molar-refractivity contribution < 1.29 is 4.79 Å². The molecule has 1 amide bonds. The summed E-state index contributed by atoms with van der Waals surface area (Å²) in [6.07, 6.45) is 7.05. The molecule has 7 nitrogen and oxygen atoms in total. The Bertz CT molecular complexity index is 1170. The van der Waals surface area contributed by atoms with Gasteiger partial charge in [-0.05, 0) is 55.0 Å². The summed E-state index contributed by atoms with van der Waals surface area (Å²) < 4.78 is 1.76. The van der Waals surface area contributed by atoms with E-state index in [1.807, 2.05) is 55.4 Å². The molecule has 0 spiro atoms. The van der Waals surface area contributed by atoms with Crippen molar-refractivity contribution in [2.75, 3.05) is 17.3 Å². The number of aryl methyl sites for hydroxylation is 1. The summed E-state index contributed by atoms with van der Waals surface area (Å²) in [6.45, 7) is 2.46. The molecular weight excluding hydrogens is 412 g/mol. The molecule has 0 bridgehead atoms. The molecule has 156 valence electrons. The van der Waals surface area contributed by atoms with Gasteiger partial charge in [0.05, 0.1) is 12.2 Å². The van der Waals surface area contributed by atoms with Gasteiger partial charge in [-0.15, -0.1) is 0 Å². The predicted octanol–water partition coefficient (Wildman–Crippen LogP) is 4.51. The van der Waals surface area contributed by atoms with Crippen molar-refractivity contribution in [1.82, 2.24) is 19.5 Å². The monoisotopic (exact) mass is 432 g/mol. The standard InChI is InChI=1S/C23H21ClN6O/c1-16-3-8-21(26-13-16)28-23(31)22-27-18(14-29(2)19-9-11-25-12-10-19)15-30(22)20-6-4-17(24)5-7-20/h3-13,15H,14H2,1-2H3,(H,26,28,31). The summed E-state index contributed by atoms with van der Waals surface area (Å²) >= 11 is 6.04. The van der Waals surface area contributed by atoms with Crippen LogP contribution >= 0.6 is 11.6 Å². The maximum atomic E-state index is 13.0. The Labute approximate surface area is 185 Å². The van der Waals surface area contributed by atoms with Crippen molar-refractivity contribution in [3.8, 4) is 5.69 Å². The summed E-state index contributed by atoms with van der Waals surface area (Å²) in [5.74, 6) is 0.392. The first kappa shape index (κ1) is 20.6. The Balaban J connectivity index is 1.65. The summed E-state index contributed by atoms with van der Waals surface area (Å²) in [6, 6.07) is 14.8. The number of benzene rings is 1. The number of rotatable bonds is 6. The van der Waals surface area contributed by atoms with Crippen molar-refractivity contribution in [1.29, 1.82) is 0 Å². The molecule has 0 fully saturated rings. The minimum Gasteiger partial charge on any atom is -0.369 e. The zero-order valence-electron chi connectivity index (χ0n) is 17.2. The summed E-state index contributed by atoms with van der Waals surface area (Å²) in [7, 11) is 1.96. The lowest BCUT2D eigenvalue weighted by atomic mass is 10.3. The lowest BCUT2D eigenvalue weighted by Gasteiger charge is -2.17. The number of aromatic nitrogens is 4. The fraction of sp³-hybridized carbons (Fsp3) is 0.130. The number of carbonyl (C=O) groups is 1. The van der Waals surface area contributed by atoms with Crippen LogP contribution in [0.1, 0.15) is 21.9 Å². The van der Waals surface area contributed by atoms with Crippen LogP contribution in [0.25, 0.3) is 5.69 Å². The first-order valence-electron chi connectivity index (χ1n) is 9.69. The minimum absolute atomic E-state index is 0.267. The zero-order chi connectivity index (χ0) is 21.8. The van der Waals surface area contributed by atoms with Crippen molar-refractivity contribution >= 4 is 29.0 Å². The summed E-state index contributed by atoms with van der Waals surface area (Å²) in [4.78, 5) is 28.0. The second-order valence-electron chi connectivity index (χ2n) is 7.14. The van der Waals surface area contributed by atoms with Crippen LogP contribution < -0.4 is 10.2 Å². The van der Waals surface area contributed by atoms with Crippen molar-refractivity contribution in [3.05, 3.63) is 95.4 Å². The smallest absolute Gasteiger partial charge is 0.293 e. The van der Waals surface area contributed by atoms with Crippen LogP contribution in [0.2, 0.25) is 5.02 Å². The van der Waals surface area contributed by atoms with E-state index in [0.717, 1.165) is 22.6 Å². The highest BCUT2D eigenvalue weighted by molar-refractivity contribution is 6.30. The molecule has 1 N–H and O–H groups in total. The zero-order valence-corrected chi connectivity index (χ0v) is 17.9. The molecule has 0 unspecified atom stereocenters. The molecule has 0 aliphatic heterocycles. The molecule has 31 heavy (non-hydrogen) atoms. The molecule has 0 saturated heterocycles. The van der Waals surface area contributed by atoms with Gasteiger partial charge < -0.3 is 10.2 Å². The fourth-order valence-corrected chi connectivity index (χ4v) is 3.24. The van der Waals surface area contributed by atoms with Crippen LogP contribution in [-0.2, 0) is 6.54 Å². The molecule has 0 radical (unpaired) electrons. The van der Waals surface area contributed by atoms with Gasteiger partial charge in [0.25, 0.3) is 5.91 Å². The maximum Gasteiger partial charge on any atom is 0.293 e. The summed E-state index contributed by atoms with van der Waals surface area (Å²) in [5, 5.41) is 3.45. The van der Waals surface area contributed by atoms with Gasteiger partial charge in [-0.25, -0.2) is 9.97 Å². The number of imidazole rings is 1. The van der Waals surface area contributed by atoms with Gasteiger partial charge in [-0.2, -0.15) is 0 Å². The summed E-state index contributed by atoms with van der Waals surface area (Å²) in [5.41, 5.74) is 3.56. The van der Waals surface area contributed by atoms with Gasteiger partial charge in [-0.1, -0.05) is 17.7 Å². The number of halogens is 1. The second kappa shape index (κ2) is 8.97. The Morgan fingerprint density at radius 1 is 1.10 bits per heavy atom. The maximum absolute atomic E-state index is 13.0. The quantitative estimate of drug-likeness (QED) is 0.485. The fourth-order valence-electron chi connectivity index (χ4n) is 3.11. The van der Waals surface area contributed by atoms with Crippen LogP contribution in [0.3, 0.4) is 0 Å². The van der Waals surface area contributed by atoms with Gasteiger partial charge in [0.2, 0.25) is 5.82 Å². The van der Waals surface area contributed by atoms with Gasteiger partial charge in [0.15, 0.2) is 0 Å². The second-order valence-corrected chi connectivity index (χ2v) is 7.58. The topological polar surface area (TPSA) is 75.9 Å². The highest BCUT2D eigenvalue weighted by Gasteiger charge is 2.19. The van der Waals surface area contributed by atoms with E-state index in [-0.39, 0.29) is 11.7 Å². The van der Waals surface area contributed by atoms with Gasteiger partial charge >= 0.3 is 0 Å². The minimum atomic E-state index is -0.343. The van der Waals surface area contributed by atoms with E-state index in [9.17, 15) is 4.79 Å². The van der Waals surface area contributed by atoms with Gasteiger partial charge in [0, 0.05) is 48.2 Å². The molecule has 4 rings (SSSR count). The van der Waals surface area contributed by atoms with Gasteiger partial charge in [-0.3, -0.25) is 14.3 Å². The average Bonchev–Trinajstić information content (AvgIpc) is 3.20. The number of hydrogen-bond acceptors (Lipinski definition) is 5. The van der Waals surface area contributed by atoms with E-state index in [1.54, 1.807) is 41.4 Å². The van der Waals surface area contributed by atoms with Crippen LogP contribution in [0.5, 0.6) is 0 Å². The third-order valence-corrected chi connectivity index (χ3v) is 4.97. The third-order valence-electron chi connectivity index (χ3n) is 4.72.